The van der Waals surface area contributed by atoms with Crippen LogP contribution in [0.1, 0.15) is 58.6 Å². The van der Waals surface area contributed by atoms with Crippen LogP contribution in [0.3, 0.4) is 0 Å². The summed E-state index contributed by atoms with van der Waals surface area (Å²) in [6, 6.07) is 7.25. The third-order valence-corrected chi connectivity index (χ3v) is 5.38. The molecular weight excluding hydrogens is 362 g/mol. The Morgan fingerprint density at radius 3 is 2.15 bits per heavy atom. The maximum atomic E-state index is 12.7. The highest BCUT2D eigenvalue weighted by molar-refractivity contribution is 8.14. The summed E-state index contributed by atoms with van der Waals surface area (Å²) < 4.78 is 5.02. The van der Waals surface area contributed by atoms with Gasteiger partial charge in [0.15, 0.2) is 5.12 Å². The third kappa shape index (κ3) is 7.75. The fraction of sp³-hybridized carbons (Fsp3) is 0.571. The Kier molecular flexibility index (Phi) is 9.56. The zero-order chi connectivity index (χ0) is 20.6. The molecule has 150 valence electrons. The van der Waals surface area contributed by atoms with Crippen LogP contribution in [0.15, 0.2) is 24.3 Å². The minimum Gasteiger partial charge on any atom is -0.464 e. The molecule has 0 bridgehead atoms. The number of hydrogen-bond acceptors (Lipinski definition) is 5. The van der Waals surface area contributed by atoms with E-state index in [-0.39, 0.29) is 23.5 Å². The quantitative estimate of drug-likeness (QED) is 0.648. The van der Waals surface area contributed by atoms with Crippen LogP contribution in [0.25, 0.3) is 0 Å². The molecule has 0 spiro atoms. The van der Waals surface area contributed by atoms with Crippen LogP contribution in [0, 0.1) is 5.92 Å². The van der Waals surface area contributed by atoms with Crippen LogP contribution in [-0.2, 0) is 25.5 Å². The standard InChI is InChI=1S/C21H31NO4S/c1-7-26-20(24)19(22-16(6)23)15(5)27-21(25)14(4)18-10-8-17(9-11-18)12-13(2)3/h8-11,13-15,19H,7,12H2,1-6H3,(H,22,23). The Labute approximate surface area is 166 Å². The maximum Gasteiger partial charge on any atom is 0.329 e. The molecule has 0 fully saturated rings. The number of esters is 1. The summed E-state index contributed by atoms with van der Waals surface area (Å²) >= 11 is 1.07. The van der Waals surface area contributed by atoms with Crippen molar-refractivity contribution in [3.8, 4) is 0 Å². The van der Waals surface area contributed by atoms with E-state index in [2.05, 4.69) is 31.3 Å². The minimum atomic E-state index is -0.850. The van der Waals surface area contributed by atoms with Gasteiger partial charge in [0, 0.05) is 12.2 Å². The van der Waals surface area contributed by atoms with Gasteiger partial charge in [-0.3, -0.25) is 9.59 Å². The number of nitrogens with one attached hydrogen (secondary N) is 1. The van der Waals surface area contributed by atoms with Crippen molar-refractivity contribution in [3.63, 3.8) is 0 Å². The van der Waals surface area contributed by atoms with Gasteiger partial charge in [-0.1, -0.05) is 63.7 Å². The molecule has 6 heteroatoms. The van der Waals surface area contributed by atoms with E-state index >= 15 is 0 Å². The normalized spacial score (nSPS) is 14.3. The zero-order valence-corrected chi connectivity index (χ0v) is 17.9. The highest BCUT2D eigenvalue weighted by Gasteiger charge is 2.31. The molecular formula is C21H31NO4S. The Balaban J connectivity index is 2.78. The number of amides is 1. The van der Waals surface area contributed by atoms with Gasteiger partial charge in [-0.2, -0.15) is 0 Å². The number of thioether (sulfide) groups is 1. The first-order valence-corrected chi connectivity index (χ1v) is 10.3. The SMILES string of the molecule is CCOC(=O)C(NC(C)=O)C(C)SC(=O)C(C)c1ccc(CC(C)C)cc1. The van der Waals surface area contributed by atoms with Gasteiger partial charge in [0.2, 0.25) is 5.91 Å². The van der Waals surface area contributed by atoms with Crippen molar-refractivity contribution in [2.45, 2.75) is 65.2 Å². The Bertz CT molecular complexity index is 642. The third-order valence-electron chi connectivity index (χ3n) is 4.15. The van der Waals surface area contributed by atoms with Crippen molar-refractivity contribution in [2.75, 3.05) is 6.61 Å². The molecule has 3 unspecified atom stereocenters. The smallest absolute Gasteiger partial charge is 0.329 e. The lowest BCUT2D eigenvalue weighted by Gasteiger charge is -2.23. The van der Waals surface area contributed by atoms with Crippen molar-refractivity contribution in [2.24, 2.45) is 5.92 Å². The molecule has 0 aliphatic carbocycles. The molecule has 1 amide bonds. The Hall–Kier alpha value is -1.82. The average Bonchev–Trinajstić information content (AvgIpc) is 2.59. The molecule has 27 heavy (non-hydrogen) atoms. The average molecular weight is 394 g/mol. The summed E-state index contributed by atoms with van der Waals surface area (Å²) in [5, 5.41) is 2.12. The van der Waals surface area contributed by atoms with E-state index in [1.54, 1.807) is 13.8 Å². The van der Waals surface area contributed by atoms with Crippen molar-refractivity contribution < 1.29 is 19.1 Å². The molecule has 0 aliphatic rings. The molecule has 0 aromatic heterocycles. The number of carbonyl (C=O) groups excluding carboxylic acids is 3. The molecule has 5 nitrogen and oxygen atoms in total. The molecule has 1 aromatic carbocycles. The van der Waals surface area contributed by atoms with Gasteiger partial charge >= 0.3 is 5.97 Å². The highest BCUT2D eigenvalue weighted by atomic mass is 32.2. The summed E-state index contributed by atoms with van der Waals surface area (Å²) in [5.41, 5.74) is 2.20. The first-order valence-electron chi connectivity index (χ1n) is 9.38. The number of rotatable bonds is 9. The van der Waals surface area contributed by atoms with E-state index in [9.17, 15) is 14.4 Å². The minimum absolute atomic E-state index is 0.0428. The fourth-order valence-corrected chi connectivity index (χ4v) is 3.74. The van der Waals surface area contributed by atoms with Gasteiger partial charge in [-0.05, 0) is 30.4 Å². The first-order chi connectivity index (χ1) is 12.6. The second-order valence-electron chi connectivity index (χ2n) is 7.13. The van der Waals surface area contributed by atoms with Crippen LogP contribution in [0.4, 0.5) is 0 Å². The van der Waals surface area contributed by atoms with E-state index in [1.807, 2.05) is 19.1 Å². The summed E-state index contributed by atoms with van der Waals surface area (Å²) in [7, 11) is 0. The lowest BCUT2D eigenvalue weighted by molar-refractivity contribution is -0.147. The molecule has 0 heterocycles. The van der Waals surface area contributed by atoms with Gasteiger partial charge in [0.1, 0.15) is 6.04 Å². The zero-order valence-electron chi connectivity index (χ0n) is 17.1. The molecule has 0 aliphatic heterocycles. The molecule has 0 radical (unpaired) electrons. The number of benzene rings is 1. The van der Waals surface area contributed by atoms with Crippen LogP contribution < -0.4 is 5.32 Å². The van der Waals surface area contributed by atoms with Crippen molar-refractivity contribution in [1.29, 1.82) is 0 Å². The summed E-state index contributed by atoms with van der Waals surface area (Å²) in [5.74, 6) is -0.571. The van der Waals surface area contributed by atoms with Crippen molar-refractivity contribution >= 4 is 28.8 Å². The second kappa shape index (κ2) is 11.1. The largest absolute Gasteiger partial charge is 0.464 e. The molecule has 1 rings (SSSR count). The first kappa shape index (κ1) is 23.2. The molecule has 1 N–H and O–H groups in total. The van der Waals surface area contributed by atoms with E-state index in [0.717, 1.165) is 23.7 Å². The summed E-state index contributed by atoms with van der Waals surface area (Å²) in [4.78, 5) is 36.2. The van der Waals surface area contributed by atoms with Gasteiger partial charge in [-0.25, -0.2) is 4.79 Å². The predicted molar refractivity (Wildman–Crippen MR) is 110 cm³/mol. The van der Waals surface area contributed by atoms with Crippen molar-refractivity contribution in [1.82, 2.24) is 5.32 Å². The lowest BCUT2D eigenvalue weighted by atomic mass is 9.97. The summed E-state index contributed by atoms with van der Waals surface area (Å²) in [6.07, 6.45) is 1.01. The highest BCUT2D eigenvalue weighted by Crippen LogP contribution is 2.27. The van der Waals surface area contributed by atoms with Crippen LogP contribution in [0.2, 0.25) is 0 Å². The van der Waals surface area contributed by atoms with Gasteiger partial charge in [0.25, 0.3) is 0 Å². The molecule has 3 atom stereocenters. The molecule has 0 saturated carbocycles. The van der Waals surface area contributed by atoms with Crippen LogP contribution in [-0.4, -0.2) is 34.9 Å². The number of carbonyl (C=O) groups is 3. The van der Waals surface area contributed by atoms with Gasteiger partial charge in [-0.15, -0.1) is 0 Å². The molecule has 1 aromatic rings. The van der Waals surface area contributed by atoms with Crippen LogP contribution >= 0.6 is 11.8 Å². The number of ether oxygens (including phenoxy) is 1. The van der Waals surface area contributed by atoms with E-state index in [0.29, 0.717) is 5.92 Å². The van der Waals surface area contributed by atoms with E-state index in [4.69, 9.17) is 4.74 Å². The maximum absolute atomic E-state index is 12.7. The lowest BCUT2D eigenvalue weighted by Crippen LogP contribution is -2.47. The van der Waals surface area contributed by atoms with Gasteiger partial charge in [0.05, 0.1) is 12.5 Å². The van der Waals surface area contributed by atoms with Gasteiger partial charge < -0.3 is 10.1 Å². The topological polar surface area (TPSA) is 72.5 Å². The Morgan fingerprint density at radius 1 is 1.07 bits per heavy atom. The second-order valence-corrected chi connectivity index (χ2v) is 8.52. The van der Waals surface area contributed by atoms with Crippen molar-refractivity contribution in [3.05, 3.63) is 35.4 Å². The Morgan fingerprint density at radius 2 is 1.67 bits per heavy atom. The summed E-state index contributed by atoms with van der Waals surface area (Å²) in [6.45, 7) is 11.2. The predicted octanol–water partition coefficient (Wildman–Crippen LogP) is 3.70. The number of hydrogen-bond donors (Lipinski definition) is 1. The van der Waals surface area contributed by atoms with E-state index < -0.39 is 17.3 Å². The molecule has 0 saturated heterocycles. The fourth-order valence-electron chi connectivity index (χ4n) is 2.72. The van der Waals surface area contributed by atoms with E-state index in [1.165, 1.54) is 12.5 Å². The van der Waals surface area contributed by atoms with Crippen LogP contribution in [0.5, 0.6) is 0 Å². The monoisotopic (exact) mass is 393 g/mol.